The normalized spacial score (nSPS) is 12.1. The van der Waals surface area contributed by atoms with Gasteiger partial charge in [-0.1, -0.05) is 6.07 Å². The van der Waals surface area contributed by atoms with Crippen LogP contribution in [-0.2, 0) is 0 Å². The minimum atomic E-state index is -0.628. The maximum absolute atomic E-state index is 11.8. The number of fused-ring (bicyclic) bond motifs is 1. The van der Waals surface area contributed by atoms with Gasteiger partial charge in [-0.15, -0.1) is 0 Å². The summed E-state index contributed by atoms with van der Waals surface area (Å²) in [7, 11) is 4.46. The summed E-state index contributed by atoms with van der Waals surface area (Å²) in [4.78, 5) is 19.6. The van der Waals surface area contributed by atoms with Gasteiger partial charge in [0, 0.05) is 17.8 Å². The fraction of sp³-hybridized carbons (Fsp3) is 0.238. The lowest BCUT2D eigenvalue weighted by Crippen LogP contribution is -2.16. The molecule has 3 N–H and O–H groups in total. The molecule has 1 aromatic heterocycles. The van der Waals surface area contributed by atoms with E-state index in [4.69, 9.17) is 29.4 Å². The Hall–Kier alpha value is -4.48. The quantitative estimate of drug-likeness (QED) is 0.399. The van der Waals surface area contributed by atoms with Crippen LogP contribution in [0.3, 0.4) is 0 Å². The molecule has 2 aromatic carbocycles. The van der Waals surface area contributed by atoms with Crippen molar-refractivity contribution in [1.82, 2.24) is 9.97 Å². The van der Waals surface area contributed by atoms with Crippen molar-refractivity contribution in [2.24, 2.45) is 0 Å². The number of hydrogen-bond acceptors (Lipinski definition) is 11. The Balaban J connectivity index is 1.83. The van der Waals surface area contributed by atoms with Crippen molar-refractivity contribution < 1.29 is 28.6 Å². The Morgan fingerprint density at radius 2 is 1.76 bits per heavy atom. The number of nitrogens with one attached hydrogen (secondary N) is 1. The van der Waals surface area contributed by atoms with Gasteiger partial charge in [0.05, 0.1) is 31.8 Å². The SMILES string of the molecule is COc1cc(Nc2nc(N)c([N+](=O)[O-])c(-c3cccc4c3OCCO4)n2)cc(OC)c1OC. The molecule has 12 nitrogen and oxygen atoms in total. The van der Waals surface area contributed by atoms with Gasteiger partial charge in [-0.25, -0.2) is 4.98 Å². The first-order valence-corrected chi connectivity index (χ1v) is 9.74. The largest absolute Gasteiger partial charge is 0.493 e. The summed E-state index contributed by atoms with van der Waals surface area (Å²) in [5.74, 6) is 1.73. The molecule has 0 fully saturated rings. The molecule has 0 amide bonds. The van der Waals surface area contributed by atoms with Gasteiger partial charge in [0.25, 0.3) is 0 Å². The molecule has 0 saturated carbocycles. The molecular formula is C21H21N5O7. The maximum atomic E-state index is 11.8. The van der Waals surface area contributed by atoms with Gasteiger partial charge >= 0.3 is 5.69 Å². The van der Waals surface area contributed by atoms with Gasteiger partial charge in [0.15, 0.2) is 28.7 Å². The number of ether oxygens (including phenoxy) is 5. The highest BCUT2D eigenvalue weighted by molar-refractivity contribution is 5.83. The van der Waals surface area contributed by atoms with Crippen LogP contribution < -0.4 is 34.7 Å². The van der Waals surface area contributed by atoms with E-state index in [1.165, 1.54) is 21.3 Å². The van der Waals surface area contributed by atoms with E-state index >= 15 is 0 Å². The number of nitro groups is 1. The summed E-state index contributed by atoms with van der Waals surface area (Å²) in [6.07, 6.45) is 0. The summed E-state index contributed by atoms with van der Waals surface area (Å²) >= 11 is 0. The van der Waals surface area contributed by atoms with Crippen LogP contribution in [0.25, 0.3) is 11.3 Å². The monoisotopic (exact) mass is 455 g/mol. The highest BCUT2D eigenvalue weighted by Crippen LogP contribution is 2.44. The van der Waals surface area contributed by atoms with Crippen molar-refractivity contribution in [2.45, 2.75) is 0 Å². The third-order valence-corrected chi connectivity index (χ3v) is 4.84. The first kappa shape index (κ1) is 21.7. The summed E-state index contributed by atoms with van der Waals surface area (Å²) in [6, 6.07) is 8.33. The van der Waals surface area contributed by atoms with E-state index in [-0.39, 0.29) is 17.5 Å². The molecule has 0 aliphatic carbocycles. The predicted octanol–water partition coefficient (Wildman–Crippen LogP) is 3.17. The average Bonchev–Trinajstić information content (AvgIpc) is 2.82. The zero-order valence-electron chi connectivity index (χ0n) is 18.1. The number of nitrogens with zero attached hydrogens (tertiary/aromatic N) is 3. The van der Waals surface area contributed by atoms with Gasteiger partial charge in [0.1, 0.15) is 13.2 Å². The zero-order chi connectivity index (χ0) is 23.5. The lowest BCUT2D eigenvalue weighted by molar-refractivity contribution is -0.383. The molecular weight excluding hydrogens is 434 g/mol. The Morgan fingerprint density at radius 1 is 1.06 bits per heavy atom. The molecule has 0 spiro atoms. The summed E-state index contributed by atoms with van der Waals surface area (Å²) in [6.45, 7) is 0.674. The van der Waals surface area contributed by atoms with Crippen LogP contribution in [0.1, 0.15) is 0 Å². The second-order valence-electron chi connectivity index (χ2n) is 6.76. The van der Waals surface area contributed by atoms with E-state index in [1.54, 1.807) is 30.3 Å². The molecule has 0 unspecified atom stereocenters. The van der Waals surface area contributed by atoms with Crippen molar-refractivity contribution in [3.63, 3.8) is 0 Å². The number of benzene rings is 2. The maximum Gasteiger partial charge on any atom is 0.337 e. The van der Waals surface area contributed by atoms with Crippen LogP contribution in [0.15, 0.2) is 30.3 Å². The molecule has 0 atom stereocenters. The highest BCUT2D eigenvalue weighted by atomic mass is 16.6. The second kappa shape index (κ2) is 8.94. The van der Waals surface area contributed by atoms with E-state index in [2.05, 4.69) is 15.3 Å². The van der Waals surface area contributed by atoms with Gasteiger partial charge in [0.2, 0.25) is 17.5 Å². The zero-order valence-corrected chi connectivity index (χ0v) is 18.1. The number of nitrogens with two attached hydrogens (primary N) is 1. The fourth-order valence-electron chi connectivity index (χ4n) is 3.44. The number of rotatable bonds is 7. The Labute approximate surface area is 188 Å². The van der Waals surface area contributed by atoms with Gasteiger partial charge in [-0.3, -0.25) is 10.1 Å². The van der Waals surface area contributed by atoms with Crippen LogP contribution >= 0.6 is 0 Å². The minimum Gasteiger partial charge on any atom is -0.493 e. The molecule has 172 valence electrons. The number of para-hydroxylation sites is 1. The Kier molecular flexibility index (Phi) is 5.89. The number of aromatic nitrogens is 2. The van der Waals surface area contributed by atoms with Crippen LogP contribution in [-0.4, -0.2) is 49.4 Å². The Bertz CT molecular complexity index is 1190. The molecule has 1 aliphatic heterocycles. The van der Waals surface area contributed by atoms with E-state index in [9.17, 15) is 10.1 Å². The standard InChI is InChI=1S/C21H21N5O7/c1-29-14-9-11(10-15(30-2)19(14)31-3)23-21-24-16(17(26(27)28)20(22)25-21)12-5-4-6-13-18(12)33-8-7-32-13/h4-6,9-10H,7-8H2,1-3H3,(H3,22,23,24,25). The molecule has 2 heterocycles. The molecule has 4 rings (SSSR count). The van der Waals surface area contributed by atoms with Gasteiger partial charge < -0.3 is 34.7 Å². The van der Waals surface area contributed by atoms with Crippen LogP contribution in [0.5, 0.6) is 28.7 Å². The molecule has 0 saturated heterocycles. The van der Waals surface area contributed by atoms with Gasteiger partial charge in [-0.05, 0) is 12.1 Å². The van der Waals surface area contributed by atoms with Crippen molar-refractivity contribution in [2.75, 3.05) is 45.6 Å². The third kappa shape index (κ3) is 4.05. The number of hydrogen-bond donors (Lipinski definition) is 2. The molecule has 3 aromatic rings. The topological polar surface area (TPSA) is 153 Å². The summed E-state index contributed by atoms with van der Waals surface area (Å²) < 4.78 is 27.3. The second-order valence-corrected chi connectivity index (χ2v) is 6.76. The molecule has 0 bridgehead atoms. The Morgan fingerprint density at radius 3 is 2.39 bits per heavy atom. The smallest absolute Gasteiger partial charge is 0.337 e. The number of anilines is 3. The molecule has 33 heavy (non-hydrogen) atoms. The fourth-order valence-corrected chi connectivity index (χ4v) is 3.44. The van der Waals surface area contributed by atoms with Crippen molar-refractivity contribution in [3.05, 3.63) is 40.4 Å². The van der Waals surface area contributed by atoms with Crippen LogP contribution in [0.2, 0.25) is 0 Å². The average molecular weight is 455 g/mol. The van der Waals surface area contributed by atoms with Crippen LogP contribution in [0.4, 0.5) is 23.1 Å². The van der Waals surface area contributed by atoms with Crippen molar-refractivity contribution in [3.8, 4) is 40.0 Å². The molecule has 1 aliphatic rings. The number of methoxy groups -OCH3 is 3. The number of nitrogen functional groups attached to an aromatic ring is 1. The van der Waals surface area contributed by atoms with E-state index in [0.717, 1.165) is 0 Å². The molecule has 0 radical (unpaired) electrons. The minimum absolute atomic E-state index is 0.00945. The predicted molar refractivity (Wildman–Crippen MR) is 119 cm³/mol. The first-order chi connectivity index (χ1) is 16.0. The van der Waals surface area contributed by atoms with Crippen LogP contribution in [0, 0.1) is 10.1 Å². The highest BCUT2D eigenvalue weighted by Gasteiger charge is 2.29. The van der Waals surface area contributed by atoms with Crippen molar-refractivity contribution in [1.29, 1.82) is 0 Å². The lowest BCUT2D eigenvalue weighted by atomic mass is 10.1. The van der Waals surface area contributed by atoms with E-state index in [0.29, 0.717) is 53.2 Å². The molecule has 12 heteroatoms. The summed E-state index contributed by atoms with van der Waals surface area (Å²) in [5, 5.41) is 14.8. The third-order valence-electron chi connectivity index (χ3n) is 4.84. The lowest BCUT2D eigenvalue weighted by Gasteiger charge is -2.21. The van der Waals surface area contributed by atoms with Crippen molar-refractivity contribution >= 4 is 23.1 Å². The first-order valence-electron chi connectivity index (χ1n) is 9.74. The van der Waals surface area contributed by atoms with Gasteiger partial charge in [-0.2, -0.15) is 4.98 Å². The summed E-state index contributed by atoms with van der Waals surface area (Å²) in [5.41, 5.74) is 6.37. The van der Waals surface area contributed by atoms with E-state index < -0.39 is 10.6 Å². The van der Waals surface area contributed by atoms with E-state index in [1.807, 2.05) is 0 Å².